The maximum atomic E-state index is 5.66. The summed E-state index contributed by atoms with van der Waals surface area (Å²) in [6, 6.07) is 1.85. The summed E-state index contributed by atoms with van der Waals surface area (Å²) < 4.78 is 2.00. The van der Waals surface area contributed by atoms with E-state index in [1.807, 2.05) is 30.8 Å². The van der Waals surface area contributed by atoms with Gasteiger partial charge in [-0.1, -0.05) is 0 Å². The smallest absolute Gasteiger partial charge is 0.223 e. The number of imidazole rings is 1. The molecule has 0 amide bonds. The number of hydrogen-bond acceptors (Lipinski definition) is 6. The first-order chi connectivity index (χ1) is 9.19. The second-order valence-electron chi connectivity index (χ2n) is 4.16. The van der Waals surface area contributed by atoms with E-state index >= 15 is 0 Å². The van der Waals surface area contributed by atoms with Crippen LogP contribution in [0.15, 0.2) is 18.5 Å². The van der Waals surface area contributed by atoms with E-state index in [1.165, 1.54) is 0 Å². The van der Waals surface area contributed by atoms with E-state index in [-0.39, 0.29) is 5.95 Å². The van der Waals surface area contributed by atoms with Crippen LogP contribution in [0.2, 0.25) is 0 Å². The van der Waals surface area contributed by atoms with E-state index in [9.17, 15) is 0 Å². The molecule has 2 aromatic rings. The molecular weight excluding hydrogens is 242 g/mol. The van der Waals surface area contributed by atoms with Gasteiger partial charge in [0.2, 0.25) is 5.95 Å². The van der Waals surface area contributed by atoms with Crippen LogP contribution in [-0.4, -0.2) is 32.6 Å². The van der Waals surface area contributed by atoms with Crippen molar-refractivity contribution < 1.29 is 0 Å². The summed E-state index contributed by atoms with van der Waals surface area (Å²) in [5.41, 5.74) is 5.66. The first-order valence-electron chi connectivity index (χ1n) is 6.27. The quantitative estimate of drug-likeness (QED) is 0.714. The first-order valence-corrected chi connectivity index (χ1v) is 6.27. The molecular formula is C12H19N7. The van der Waals surface area contributed by atoms with Crippen molar-refractivity contribution in [1.29, 1.82) is 0 Å². The van der Waals surface area contributed by atoms with Crippen molar-refractivity contribution in [2.24, 2.45) is 7.05 Å². The maximum absolute atomic E-state index is 5.66. The van der Waals surface area contributed by atoms with Gasteiger partial charge in [-0.05, 0) is 6.92 Å². The topological polar surface area (TPSA) is 93.7 Å². The average molecular weight is 261 g/mol. The lowest BCUT2D eigenvalue weighted by molar-refractivity contribution is 0.788. The normalized spacial score (nSPS) is 10.4. The molecule has 0 spiro atoms. The molecule has 0 atom stereocenters. The van der Waals surface area contributed by atoms with E-state index in [2.05, 4.69) is 25.6 Å². The van der Waals surface area contributed by atoms with Gasteiger partial charge in [-0.2, -0.15) is 9.97 Å². The molecule has 0 aliphatic heterocycles. The Morgan fingerprint density at radius 2 is 2.00 bits per heavy atom. The number of anilines is 3. The molecule has 102 valence electrons. The Morgan fingerprint density at radius 1 is 1.26 bits per heavy atom. The van der Waals surface area contributed by atoms with Gasteiger partial charge in [0.25, 0.3) is 0 Å². The van der Waals surface area contributed by atoms with E-state index in [0.717, 1.165) is 37.0 Å². The summed E-state index contributed by atoms with van der Waals surface area (Å²) in [5, 5.41) is 6.34. The van der Waals surface area contributed by atoms with E-state index in [1.54, 1.807) is 6.20 Å². The van der Waals surface area contributed by atoms with Gasteiger partial charge >= 0.3 is 0 Å². The summed E-state index contributed by atoms with van der Waals surface area (Å²) in [6.45, 7) is 3.54. The van der Waals surface area contributed by atoms with Crippen LogP contribution < -0.4 is 16.4 Å². The van der Waals surface area contributed by atoms with Crippen molar-refractivity contribution >= 4 is 17.6 Å². The number of nitrogens with one attached hydrogen (secondary N) is 2. The third-order valence-corrected chi connectivity index (χ3v) is 2.68. The third kappa shape index (κ3) is 3.57. The van der Waals surface area contributed by atoms with Crippen LogP contribution in [0.3, 0.4) is 0 Å². The Kier molecular flexibility index (Phi) is 4.17. The molecule has 4 N–H and O–H groups in total. The van der Waals surface area contributed by atoms with Gasteiger partial charge < -0.3 is 20.9 Å². The average Bonchev–Trinajstić information content (AvgIpc) is 2.75. The fourth-order valence-electron chi connectivity index (χ4n) is 1.77. The van der Waals surface area contributed by atoms with E-state index < -0.39 is 0 Å². The third-order valence-electron chi connectivity index (χ3n) is 2.68. The number of nitrogen functional groups attached to an aromatic ring is 1. The SMILES string of the molecule is CCNc1cc(NCCc2nccn2C)nc(N)n1. The van der Waals surface area contributed by atoms with Gasteiger partial charge in [-0.3, -0.25) is 0 Å². The number of aryl methyl sites for hydroxylation is 1. The van der Waals surface area contributed by atoms with Gasteiger partial charge in [0.05, 0.1) is 0 Å². The lowest BCUT2D eigenvalue weighted by Gasteiger charge is -2.09. The molecule has 7 heteroatoms. The predicted molar refractivity (Wildman–Crippen MR) is 76.0 cm³/mol. The van der Waals surface area contributed by atoms with Crippen molar-refractivity contribution in [3.63, 3.8) is 0 Å². The van der Waals surface area contributed by atoms with Gasteiger partial charge in [0, 0.05) is 45.0 Å². The summed E-state index contributed by atoms with van der Waals surface area (Å²) in [7, 11) is 1.98. The summed E-state index contributed by atoms with van der Waals surface area (Å²) >= 11 is 0. The molecule has 0 aliphatic rings. The molecule has 19 heavy (non-hydrogen) atoms. The minimum absolute atomic E-state index is 0.262. The molecule has 2 rings (SSSR count). The van der Waals surface area contributed by atoms with Crippen molar-refractivity contribution in [3.05, 3.63) is 24.3 Å². The molecule has 2 aromatic heterocycles. The fraction of sp³-hybridized carbons (Fsp3) is 0.417. The molecule has 0 unspecified atom stereocenters. The Hall–Kier alpha value is -2.31. The van der Waals surface area contributed by atoms with Gasteiger partial charge in [0.1, 0.15) is 17.5 Å². The molecule has 0 radical (unpaired) electrons. The highest BCUT2D eigenvalue weighted by Crippen LogP contribution is 2.12. The molecule has 0 aliphatic carbocycles. The monoisotopic (exact) mass is 261 g/mol. The Balaban J connectivity index is 1.94. The van der Waals surface area contributed by atoms with Crippen LogP contribution >= 0.6 is 0 Å². The summed E-state index contributed by atoms with van der Waals surface area (Å²) in [5.74, 6) is 2.74. The maximum Gasteiger partial charge on any atom is 0.223 e. The van der Waals surface area contributed by atoms with Gasteiger partial charge in [-0.15, -0.1) is 0 Å². The van der Waals surface area contributed by atoms with Crippen molar-refractivity contribution in [2.45, 2.75) is 13.3 Å². The molecule has 0 aromatic carbocycles. The van der Waals surface area contributed by atoms with Crippen LogP contribution in [0.4, 0.5) is 17.6 Å². The van der Waals surface area contributed by atoms with Crippen LogP contribution in [0.25, 0.3) is 0 Å². The lowest BCUT2D eigenvalue weighted by Crippen LogP contribution is -2.11. The van der Waals surface area contributed by atoms with Gasteiger partial charge in [-0.25, -0.2) is 4.98 Å². The van der Waals surface area contributed by atoms with Crippen molar-refractivity contribution in [1.82, 2.24) is 19.5 Å². The zero-order valence-electron chi connectivity index (χ0n) is 11.2. The van der Waals surface area contributed by atoms with Crippen molar-refractivity contribution in [3.8, 4) is 0 Å². The Morgan fingerprint density at radius 3 is 2.63 bits per heavy atom. The fourth-order valence-corrected chi connectivity index (χ4v) is 1.77. The Bertz CT molecular complexity index is 535. The molecule has 2 heterocycles. The first kappa shape index (κ1) is 13.1. The molecule has 0 saturated heterocycles. The number of hydrogen-bond donors (Lipinski definition) is 3. The summed E-state index contributed by atoms with van der Waals surface area (Å²) in [4.78, 5) is 12.5. The van der Waals surface area contributed by atoms with E-state index in [4.69, 9.17) is 5.73 Å². The van der Waals surface area contributed by atoms with Crippen LogP contribution in [0.1, 0.15) is 12.7 Å². The number of rotatable bonds is 6. The second kappa shape index (κ2) is 6.03. The zero-order chi connectivity index (χ0) is 13.7. The highest BCUT2D eigenvalue weighted by molar-refractivity contribution is 5.50. The molecule has 0 saturated carbocycles. The minimum atomic E-state index is 0.262. The van der Waals surface area contributed by atoms with Crippen LogP contribution in [0, 0.1) is 0 Å². The number of nitrogens with two attached hydrogens (primary N) is 1. The molecule has 7 nitrogen and oxygen atoms in total. The summed E-state index contributed by atoms with van der Waals surface area (Å²) in [6.07, 6.45) is 4.55. The second-order valence-corrected chi connectivity index (χ2v) is 4.16. The lowest BCUT2D eigenvalue weighted by atomic mass is 10.4. The zero-order valence-corrected chi connectivity index (χ0v) is 11.2. The highest BCUT2D eigenvalue weighted by Gasteiger charge is 2.03. The van der Waals surface area contributed by atoms with Gasteiger partial charge in [0.15, 0.2) is 0 Å². The van der Waals surface area contributed by atoms with Crippen LogP contribution in [-0.2, 0) is 13.5 Å². The van der Waals surface area contributed by atoms with Crippen LogP contribution in [0.5, 0.6) is 0 Å². The highest BCUT2D eigenvalue weighted by atomic mass is 15.1. The van der Waals surface area contributed by atoms with E-state index in [0.29, 0.717) is 0 Å². The predicted octanol–water partition coefficient (Wildman–Crippen LogP) is 0.879. The number of nitrogens with zero attached hydrogens (tertiary/aromatic N) is 4. The Labute approximate surface area is 112 Å². The van der Waals surface area contributed by atoms with Crippen molar-refractivity contribution in [2.75, 3.05) is 29.5 Å². The number of aromatic nitrogens is 4. The molecule has 0 fully saturated rings. The molecule has 0 bridgehead atoms. The standard InChI is InChI=1S/C12H19N7/c1-3-14-9-8-10(18-12(13)17-9)15-5-4-11-16-6-7-19(11)2/h6-8H,3-5H2,1-2H3,(H4,13,14,15,17,18). The minimum Gasteiger partial charge on any atom is -0.370 e. The largest absolute Gasteiger partial charge is 0.370 e.